The van der Waals surface area contributed by atoms with E-state index in [-0.39, 0.29) is 12.4 Å². The van der Waals surface area contributed by atoms with Crippen LogP contribution in [0.2, 0.25) is 0 Å². The molecule has 4 unspecified atom stereocenters. The summed E-state index contributed by atoms with van der Waals surface area (Å²) in [7, 11) is 0. The first-order valence-electron chi connectivity index (χ1n) is 7.23. The van der Waals surface area contributed by atoms with Crippen LogP contribution in [-0.2, 0) is 4.79 Å². The molecule has 3 rings (SSSR count). The third-order valence-electron chi connectivity index (χ3n) is 5.22. The maximum atomic E-state index is 12.5. The predicted octanol–water partition coefficient (Wildman–Crippen LogP) is 2.04. The summed E-state index contributed by atoms with van der Waals surface area (Å²) in [4.78, 5) is 14.6. The van der Waals surface area contributed by atoms with Crippen LogP contribution in [0.4, 0.5) is 0 Å². The molecule has 3 nitrogen and oxygen atoms in total. The minimum absolute atomic E-state index is 0. The number of piperidine rings is 1. The van der Waals surface area contributed by atoms with Gasteiger partial charge in [0.05, 0.1) is 0 Å². The number of fused-ring (bicyclic) bond motifs is 1. The Morgan fingerprint density at radius 1 is 1.28 bits per heavy atom. The van der Waals surface area contributed by atoms with Gasteiger partial charge in [-0.25, -0.2) is 0 Å². The highest BCUT2D eigenvalue weighted by atomic mass is 35.5. The van der Waals surface area contributed by atoms with Crippen molar-refractivity contribution in [2.45, 2.75) is 45.1 Å². The molecule has 4 atom stereocenters. The normalized spacial score (nSPS) is 42.1. The fourth-order valence-corrected chi connectivity index (χ4v) is 4.14. The van der Waals surface area contributed by atoms with E-state index in [2.05, 4.69) is 11.8 Å². The van der Waals surface area contributed by atoms with Gasteiger partial charge in [-0.05, 0) is 43.4 Å². The molecule has 2 N–H and O–H groups in total. The second kappa shape index (κ2) is 5.38. The lowest BCUT2D eigenvalue weighted by Crippen LogP contribution is -2.50. The first kappa shape index (κ1) is 14.1. The largest absolute Gasteiger partial charge is 0.338 e. The van der Waals surface area contributed by atoms with E-state index in [0.29, 0.717) is 24.4 Å². The zero-order chi connectivity index (χ0) is 12.0. The SMILES string of the molecule is CC1CCN(C(=O)C2C3CCCC32)C(CN)C1.Cl. The highest BCUT2D eigenvalue weighted by Gasteiger charge is 2.58. The Bertz CT molecular complexity index is 313. The second-order valence-electron chi connectivity index (χ2n) is 6.34. The number of carbonyl (C=O) groups is 1. The van der Waals surface area contributed by atoms with Crippen molar-refractivity contribution >= 4 is 18.3 Å². The lowest BCUT2D eigenvalue weighted by atomic mass is 9.91. The molecule has 1 amide bonds. The zero-order valence-electron chi connectivity index (χ0n) is 11.2. The number of halogens is 1. The summed E-state index contributed by atoms with van der Waals surface area (Å²) >= 11 is 0. The Morgan fingerprint density at radius 2 is 1.94 bits per heavy atom. The van der Waals surface area contributed by atoms with E-state index in [9.17, 15) is 4.79 Å². The predicted molar refractivity (Wildman–Crippen MR) is 74.5 cm³/mol. The first-order valence-corrected chi connectivity index (χ1v) is 7.23. The van der Waals surface area contributed by atoms with Gasteiger partial charge in [0.1, 0.15) is 0 Å². The van der Waals surface area contributed by atoms with E-state index in [4.69, 9.17) is 5.73 Å². The molecule has 104 valence electrons. The summed E-state index contributed by atoms with van der Waals surface area (Å²) in [6.07, 6.45) is 6.18. The van der Waals surface area contributed by atoms with Crippen LogP contribution in [0.25, 0.3) is 0 Å². The lowest BCUT2D eigenvalue weighted by Gasteiger charge is -2.38. The minimum atomic E-state index is 0. The van der Waals surface area contributed by atoms with Gasteiger partial charge in [-0.1, -0.05) is 13.3 Å². The average molecular weight is 273 g/mol. The number of nitrogens with two attached hydrogens (primary N) is 1. The summed E-state index contributed by atoms with van der Waals surface area (Å²) in [6, 6.07) is 0.313. The summed E-state index contributed by atoms with van der Waals surface area (Å²) < 4.78 is 0. The van der Waals surface area contributed by atoms with Gasteiger partial charge in [0.2, 0.25) is 5.91 Å². The first-order chi connectivity index (χ1) is 8.22. The Morgan fingerprint density at radius 3 is 2.56 bits per heavy atom. The van der Waals surface area contributed by atoms with Crippen molar-refractivity contribution in [3.05, 3.63) is 0 Å². The van der Waals surface area contributed by atoms with Crippen molar-refractivity contribution in [1.82, 2.24) is 4.90 Å². The molecule has 3 aliphatic rings. The van der Waals surface area contributed by atoms with Gasteiger partial charge in [0, 0.05) is 25.0 Å². The molecule has 18 heavy (non-hydrogen) atoms. The maximum absolute atomic E-state index is 12.5. The number of rotatable bonds is 2. The highest BCUT2D eigenvalue weighted by molar-refractivity contribution is 5.85. The molecule has 2 saturated carbocycles. The van der Waals surface area contributed by atoms with E-state index in [1.54, 1.807) is 0 Å². The molecule has 2 aliphatic carbocycles. The summed E-state index contributed by atoms with van der Waals surface area (Å²) in [6.45, 7) is 3.85. The fourth-order valence-electron chi connectivity index (χ4n) is 4.14. The smallest absolute Gasteiger partial charge is 0.226 e. The molecule has 0 aromatic rings. The molecule has 0 radical (unpaired) electrons. The van der Waals surface area contributed by atoms with Crippen LogP contribution in [-0.4, -0.2) is 29.9 Å². The zero-order valence-corrected chi connectivity index (χ0v) is 12.0. The fraction of sp³-hybridized carbons (Fsp3) is 0.929. The Balaban J connectivity index is 0.00000120. The molecular formula is C14H25ClN2O. The average Bonchev–Trinajstić information content (AvgIpc) is 2.81. The standard InChI is InChI=1S/C14H24N2O.ClH/c1-9-5-6-16(10(7-9)8-15)14(17)13-11-3-2-4-12(11)13;/h9-13H,2-8,15H2,1H3;1H. The molecule has 0 aromatic heterocycles. The maximum Gasteiger partial charge on any atom is 0.226 e. The van der Waals surface area contributed by atoms with E-state index in [1.165, 1.54) is 19.3 Å². The van der Waals surface area contributed by atoms with Crippen molar-refractivity contribution in [1.29, 1.82) is 0 Å². The van der Waals surface area contributed by atoms with Gasteiger partial charge in [0.25, 0.3) is 0 Å². The molecule has 0 spiro atoms. The van der Waals surface area contributed by atoms with Crippen LogP contribution in [0, 0.1) is 23.7 Å². The third-order valence-corrected chi connectivity index (χ3v) is 5.22. The Labute approximate surface area is 116 Å². The molecule has 3 fully saturated rings. The van der Waals surface area contributed by atoms with Gasteiger partial charge < -0.3 is 10.6 Å². The van der Waals surface area contributed by atoms with Gasteiger partial charge in [-0.15, -0.1) is 12.4 Å². The third kappa shape index (κ3) is 2.27. The molecule has 0 aromatic carbocycles. The van der Waals surface area contributed by atoms with Crippen LogP contribution < -0.4 is 5.73 Å². The van der Waals surface area contributed by atoms with E-state index in [0.717, 1.165) is 37.1 Å². The lowest BCUT2D eigenvalue weighted by molar-refractivity contribution is -0.137. The summed E-state index contributed by atoms with van der Waals surface area (Å²) in [5.74, 6) is 3.01. The monoisotopic (exact) mass is 272 g/mol. The number of hydrogen-bond acceptors (Lipinski definition) is 2. The van der Waals surface area contributed by atoms with E-state index in [1.807, 2.05) is 0 Å². The van der Waals surface area contributed by atoms with Gasteiger partial charge in [-0.3, -0.25) is 4.79 Å². The van der Waals surface area contributed by atoms with Gasteiger partial charge >= 0.3 is 0 Å². The summed E-state index contributed by atoms with van der Waals surface area (Å²) in [5.41, 5.74) is 5.84. The van der Waals surface area contributed by atoms with Crippen molar-refractivity contribution in [3.63, 3.8) is 0 Å². The molecule has 0 bridgehead atoms. The van der Waals surface area contributed by atoms with E-state index < -0.39 is 0 Å². The minimum Gasteiger partial charge on any atom is -0.338 e. The summed E-state index contributed by atoms with van der Waals surface area (Å²) in [5, 5.41) is 0. The van der Waals surface area contributed by atoms with Gasteiger partial charge in [-0.2, -0.15) is 0 Å². The van der Waals surface area contributed by atoms with Crippen molar-refractivity contribution < 1.29 is 4.79 Å². The van der Waals surface area contributed by atoms with Crippen molar-refractivity contribution in [2.24, 2.45) is 29.4 Å². The second-order valence-corrected chi connectivity index (χ2v) is 6.34. The number of hydrogen-bond donors (Lipinski definition) is 1. The molecule has 1 aliphatic heterocycles. The van der Waals surface area contributed by atoms with E-state index >= 15 is 0 Å². The van der Waals surface area contributed by atoms with Gasteiger partial charge in [0.15, 0.2) is 0 Å². The quantitative estimate of drug-likeness (QED) is 0.836. The topological polar surface area (TPSA) is 46.3 Å². The molecule has 4 heteroatoms. The van der Waals surface area contributed by atoms with Crippen LogP contribution in [0.15, 0.2) is 0 Å². The number of carbonyl (C=O) groups excluding carboxylic acids is 1. The molecule has 1 saturated heterocycles. The van der Waals surface area contributed by atoms with Crippen molar-refractivity contribution in [3.8, 4) is 0 Å². The van der Waals surface area contributed by atoms with Crippen LogP contribution in [0.1, 0.15) is 39.0 Å². The number of likely N-dealkylation sites (tertiary alicyclic amines) is 1. The van der Waals surface area contributed by atoms with Crippen LogP contribution >= 0.6 is 12.4 Å². The number of amides is 1. The van der Waals surface area contributed by atoms with Crippen LogP contribution in [0.3, 0.4) is 0 Å². The molecule has 1 heterocycles. The highest BCUT2D eigenvalue weighted by Crippen LogP contribution is 2.58. The Hall–Kier alpha value is -0.280. The molecular weight excluding hydrogens is 248 g/mol. The van der Waals surface area contributed by atoms with Crippen LogP contribution in [0.5, 0.6) is 0 Å². The van der Waals surface area contributed by atoms with Crippen molar-refractivity contribution in [2.75, 3.05) is 13.1 Å². The number of nitrogens with zero attached hydrogens (tertiary/aromatic N) is 1. The Kier molecular flexibility index (Phi) is 4.22.